The van der Waals surface area contributed by atoms with Crippen molar-refractivity contribution in [1.29, 1.82) is 0 Å². The van der Waals surface area contributed by atoms with Crippen LogP contribution < -0.4 is 5.32 Å². The van der Waals surface area contributed by atoms with Crippen molar-refractivity contribution in [3.63, 3.8) is 0 Å². The normalized spacial score (nSPS) is 21.0. The fourth-order valence-corrected chi connectivity index (χ4v) is 2.13. The van der Waals surface area contributed by atoms with Crippen LogP contribution in [0.15, 0.2) is 0 Å². The zero-order valence-electron chi connectivity index (χ0n) is 6.89. The number of rotatable bonds is 5. The lowest BCUT2D eigenvalue weighted by atomic mass is 10.2. The Balaban J connectivity index is 2.07. The van der Waals surface area contributed by atoms with E-state index in [2.05, 4.69) is 19.3 Å². The first-order valence-electron chi connectivity index (χ1n) is 4.13. The Morgan fingerprint density at radius 3 is 2.70 bits per heavy atom. The van der Waals surface area contributed by atoms with Gasteiger partial charge in [0.15, 0.2) is 0 Å². The van der Waals surface area contributed by atoms with Crippen LogP contribution in [0.1, 0.15) is 19.8 Å². The molecule has 0 amide bonds. The van der Waals surface area contributed by atoms with E-state index in [4.69, 9.17) is 0 Å². The van der Waals surface area contributed by atoms with E-state index in [0.717, 1.165) is 12.0 Å². The minimum Gasteiger partial charge on any atom is -0.316 e. The highest BCUT2D eigenvalue weighted by Crippen LogP contribution is 2.33. The summed E-state index contributed by atoms with van der Waals surface area (Å²) in [6, 6.07) is 0.796. The first-order chi connectivity index (χ1) is 4.88. The molecule has 1 nitrogen and oxygen atoms in total. The molecule has 10 heavy (non-hydrogen) atoms. The van der Waals surface area contributed by atoms with E-state index in [1.807, 2.05) is 11.8 Å². The van der Waals surface area contributed by atoms with Crippen molar-refractivity contribution in [3.05, 3.63) is 0 Å². The second-order valence-corrected chi connectivity index (χ2v) is 4.21. The van der Waals surface area contributed by atoms with E-state index in [1.54, 1.807) is 0 Å². The summed E-state index contributed by atoms with van der Waals surface area (Å²) in [5.74, 6) is 3.56. The van der Waals surface area contributed by atoms with Gasteiger partial charge in [0.2, 0.25) is 0 Å². The standard InChI is InChI=1S/C8H17NS/c1-3-10-6-8(9-2)7-4-5-7/h7-9H,3-6H2,1-2H3/t8-/m1/s1. The summed E-state index contributed by atoms with van der Waals surface area (Å²) in [5, 5.41) is 3.38. The van der Waals surface area contributed by atoms with Gasteiger partial charge >= 0.3 is 0 Å². The predicted octanol–water partition coefficient (Wildman–Crippen LogP) is 1.74. The zero-order chi connectivity index (χ0) is 7.40. The summed E-state index contributed by atoms with van der Waals surface area (Å²) in [6.07, 6.45) is 2.91. The van der Waals surface area contributed by atoms with E-state index in [-0.39, 0.29) is 0 Å². The molecular formula is C8H17NS. The van der Waals surface area contributed by atoms with Crippen LogP contribution in [0.5, 0.6) is 0 Å². The maximum Gasteiger partial charge on any atom is 0.0183 e. The number of thioether (sulfide) groups is 1. The second kappa shape index (κ2) is 4.24. The van der Waals surface area contributed by atoms with E-state index in [1.165, 1.54) is 24.3 Å². The molecule has 0 saturated heterocycles. The molecule has 0 aromatic carbocycles. The molecule has 0 aromatic rings. The Labute approximate surface area is 68.0 Å². The lowest BCUT2D eigenvalue weighted by molar-refractivity contribution is 0.554. The molecule has 0 aliphatic heterocycles. The molecule has 1 aliphatic carbocycles. The third kappa shape index (κ3) is 2.51. The predicted molar refractivity (Wildman–Crippen MR) is 48.6 cm³/mol. The SMILES string of the molecule is CCSC[C@@H](NC)C1CC1. The van der Waals surface area contributed by atoms with Crippen LogP contribution in [-0.2, 0) is 0 Å². The number of nitrogens with one attached hydrogen (secondary N) is 1. The van der Waals surface area contributed by atoms with Crippen molar-refractivity contribution in [2.75, 3.05) is 18.6 Å². The summed E-state index contributed by atoms with van der Waals surface area (Å²) in [7, 11) is 2.08. The lowest BCUT2D eigenvalue weighted by Gasteiger charge is -2.13. The molecule has 1 fully saturated rings. The quantitative estimate of drug-likeness (QED) is 0.656. The van der Waals surface area contributed by atoms with Crippen LogP contribution in [0, 0.1) is 5.92 Å². The van der Waals surface area contributed by atoms with Crippen molar-refractivity contribution < 1.29 is 0 Å². The van der Waals surface area contributed by atoms with Gasteiger partial charge in [0.1, 0.15) is 0 Å². The molecule has 1 N–H and O–H groups in total. The maximum atomic E-state index is 3.38. The molecule has 1 rings (SSSR count). The van der Waals surface area contributed by atoms with Gasteiger partial charge in [-0.15, -0.1) is 0 Å². The van der Waals surface area contributed by atoms with Crippen LogP contribution in [0.4, 0.5) is 0 Å². The van der Waals surface area contributed by atoms with Crippen molar-refractivity contribution in [2.24, 2.45) is 5.92 Å². The molecule has 0 heterocycles. The summed E-state index contributed by atoms with van der Waals surface area (Å²) < 4.78 is 0. The average molecular weight is 159 g/mol. The number of hydrogen-bond acceptors (Lipinski definition) is 2. The van der Waals surface area contributed by atoms with E-state index < -0.39 is 0 Å². The van der Waals surface area contributed by atoms with Crippen molar-refractivity contribution in [3.8, 4) is 0 Å². The molecule has 0 spiro atoms. The number of hydrogen-bond donors (Lipinski definition) is 1. The molecule has 0 aromatic heterocycles. The highest BCUT2D eigenvalue weighted by atomic mass is 32.2. The Morgan fingerprint density at radius 2 is 2.30 bits per heavy atom. The summed E-state index contributed by atoms with van der Waals surface area (Å²) in [6.45, 7) is 2.23. The van der Waals surface area contributed by atoms with Gasteiger partial charge in [-0.05, 0) is 31.6 Å². The summed E-state index contributed by atoms with van der Waals surface area (Å²) >= 11 is 2.05. The Bertz CT molecular complexity index is 91.3. The highest BCUT2D eigenvalue weighted by Gasteiger charge is 2.29. The second-order valence-electron chi connectivity index (χ2n) is 2.89. The molecule has 2 heteroatoms. The van der Waals surface area contributed by atoms with Gasteiger partial charge in [0, 0.05) is 11.8 Å². The van der Waals surface area contributed by atoms with E-state index >= 15 is 0 Å². The Morgan fingerprint density at radius 1 is 1.60 bits per heavy atom. The zero-order valence-corrected chi connectivity index (χ0v) is 7.71. The van der Waals surface area contributed by atoms with Crippen LogP contribution in [0.25, 0.3) is 0 Å². The molecule has 1 atom stereocenters. The van der Waals surface area contributed by atoms with Gasteiger partial charge in [-0.25, -0.2) is 0 Å². The Kier molecular flexibility index (Phi) is 3.57. The average Bonchev–Trinajstić information content (AvgIpc) is 2.73. The molecule has 0 unspecified atom stereocenters. The largest absolute Gasteiger partial charge is 0.316 e. The van der Waals surface area contributed by atoms with Gasteiger partial charge in [-0.3, -0.25) is 0 Å². The van der Waals surface area contributed by atoms with Gasteiger partial charge < -0.3 is 5.32 Å². The van der Waals surface area contributed by atoms with Crippen LogP contribution in [0.2, 0.25) is 0 Å². The minimum atomic E-state index is 0.796. The lowest BCUT2D eigenvalue weighted by Crippen LogP contribution is -2.29. The summed E-state index contributed by atoms with van der Waals surface area (Å²) in [4.78, 5) is 0. The topological polar surface area (TPSA) is 12.0 Å². The molecule has 1 saturated carbocycles. The van der Waals surface area contributed by atoms with Crippen LogP contribution in [-0.4, -0.2) is 24.6 Å². The molecular weight excluding hydrogens is 142 g/mol. The third-order valence-electron chi connectivity index (χ3n) is 2.06. The van der Waals surface area contributed by atoms with Gasteiger partial charge in [-0.2, -0.15) is 11.8 Å². The first kappa shape index (κ1) is 8.41. The monoisotopic (exact) mass is 159 g/mol. The van der Waals surface area contributed by atoms with E-state index in [0.29, 0.717) is 0 Å². The van der Waals surface area contributed by atoms with Gasteiger partial charge in [0.05, 0.1) is 0 Å². The van der Waals surface area contributed by atoms with Crippen molar-refractivity contribution in [1.82, 2.24) is 5.32 Å². The van der Waals surface area contributed by atoms with Crippen molar-refractivity contribution >= 4 is 11.8 Å². The molecule has 60 valence electrons. The van der Waals surface area contributed by atoms with Crippen molar-refractivity contribution in [2.45, 2.75) is 25.8 Å². The van der Waals surface area contributed by atoms with Crippen LogP contribution in [0.3, 0.4) is 0 Å². The van der Waals surface area contributed by atoms with Crippen LogP contribution >= 0.6 is 11.8 Å². The fourth-order valence-electron chi connectivity index (χ4n) is 1.20. The van der Waals surface area contributed by atoms with Gasteiger partial charge in [0.25, 0.3) is 0 Å². The smallest absolute Gasteiger partial charge is 0.0183 e. The third-order valence-corrected chi connectivity index (χ3v) is 3.07. The van der Waals surface area contributed by atoms with E-state index in [9.17, 15) is 0 Å². The van der Waals surface area contributed by atoms with Gasteiger partial charge in [-0.1, -0.05) is 6.92 Å². The Hall–Kier alpha value is 0.310. The molecule has 1 aliphatic rings. The molecule has 0 radical (unpaired) electrons. The first-order valence-corrected chi connectivity index (χ1v) is 5.29. The summed E-state index contributed by atoms with van der Waals surface area (Å²) in [5.41, 5.74) is 0. The highest BCUT2D eigenvalue weighted by molar-refractivity contribution is 7.99. The fraction of sp³-hybridized carbons (Fsp3) is 1.00. The minimum absolute atomic E-state index is 0.796. The molecule has 0 bridgehead atoms. The maximum absolute atomic E-state index is 3.38.